The topological polar surface area (TPSA) is 63.6 Å². The highest BCUT2D eigenvalue weighted by Crippen LogP contribution is 2.41. The zero-order chi connectivity index (χ0) is 21.9. The number of fused-ring (bicyclic) bond motifs is 3. The van der Waals surface area contributed by atoms with Crippen molar-refractivity contribution < 1.29 is 18.3 Å². The molecule has 2 aromatic rings. The summed E-state index contributed by atoms with van der Waals surface area (Å²) in [5.74, 6) is 0.266. The highest BCUT2D eigenvalue weighted by molar-refractivity contribution is 5.93. The van der Waals surface area contributed by atoms with Gasteiger partial charge in [0.1, 0.15) is 24.1 Å². The van der Waals surface area contributed by atoms with E-state index in [9.17, 15) is 4.39 Å². The second-order valence-corrected chi connectivity index (χ2v) is 9.69. The van der Waals surface area contributed by atoms with E-state index in [4.69, 9.17) is 14.5 Å². The van der Waals surface area contributed by atoms with Crippen molar-refractivity contribution in [2.45, 2.75) is 63.2 Å². The van der Waals surface area contributed by atoms with Crippen molar-refractivity contribution in [2.75, 3.05) is 44.4 Å². The highest BCUT2D eigenvalue weighted by Gasteiger charge is 2.49. The summed E-state index contributed by atoms with van der Waals surface area (Å²) in [5.41, 5.74) is 1.15. The molecule has 0 saturated carbocycles. The lowest BCUT2D eigenvalue weighted by Crippen LogP contribution is -2.43. The molecule has 0 unspecified atom stereocenters. The van der Waals surface area contributed by atoms with Crippen molar-refractivity contribution in [1.82, 2.24) is 19.9 Å². The quantitative estimate of drug-likeness (QED) is 0.720. The Hall–Kier alpha value is -2.13. The van der Waals surface area contributed by atoms with E-state index in [2.05, 4.69) is 19.8 Å². The van der Waals surface area contributed by atoms with Crippen LogP contribution in [0.2, 0.25) is 0 Å². The fourth-order valence-electron chi connectivity index (χ4n) is 6.08. The number of hydrogen-bond donors (Lipinski definition) is 0. The smallest absolute Gasteiger partial charge is 0.319 e. The predicted molar refractivity (Wildman–Crippen MR) is 115 cm³/mol. The summed E-state index contributed by atoms with van der Waals surface area (Å²) in [4.78, 5) is 18.3. The van der Waals surface area contributed by atoms with E-state index in [-0.39, 0.29) is 23.1 Å². The minimum Gasteiger partial charge on any atom is -0.461 e. The van der Waals surface area contributed by atoms with Crippen LogP contribution in [0.4, 0.5) is 14.6 Å². The maximum atomic E-state index is 15.2. The number of nitrogens with zero attached hydrogens (tertiary/aromatic N) is 5. The van der Waals surface area contributed by atoms with Crippen LogP contribution in [0.15, 0.2) is 0 Å². The molecule has 4 aliphatic heterocycles. The molecule has 0 radical (unpaired) electrons. The van der Waals surface area contributed by atoms with Gasteiger partial charge < -0.3 is 14.4 Å². The van der Waals surface area contributed by atoms with Gasteiger partial charge in [-0.15, -0.1) is 0 Å². The van der Waals surface area contributed by atoms with Crippen LogP contribution < -0.4 is 9.64 Å². The first-order valence-corrected chi connectivity index (χ1v) is 11.8. The summed E-state index contributed by atoms with van der Waals surface area (Å²) < 4.78 is 41.3. The van der Waals surface area contributed by atoms with Crippen LogP contribution >= 0.6 is 0 Å². The second kappa shape index (κ2) is 7.73. The van der Waals surface area contributed by atoms with Gasteiger partial charge in [0.15, 0.2) is 5.82 Å². The molecule has 2 aromatic heterocycles. The van der Waals surface area contributed by atoms with Gasteiger partial charge in [-0.25, -0.2) is 8.78 Å². The molecule has 9 heteroatoms. The molecule has 6 rings (SSSR count). The largest absolute Gasteiger partial charge is 0.461 e. The maximum absolute atomic E-state index is 15.2. The number of alkyl halides is 1. The van der Waals surface area contributed by atoms with Gasteiger partial charge in [-0.05, 0) is 45.6 Å². The number of ether oxygens (including phenoxy) is 2. The molecule has 0 bridgehead atoms. The summed E-state index contributed by atoms with van der Waals surface area (Å²) in [6, 6.07) is 0.323. The third-order valence-electron chi connectivity index (χ3n) is 7.64. The Labute approximate surface area is 186 Å². The molecule has 0 spiro atoms. The van der Waals surface area contributed by atoms with Crippen LogP contribution in [0.5, 0.6) is 6.01 Å². The van der Waals surface area contributed by atoms with Crippen molar-refractivity contribution in [3.8, 4) is 6.01 Å². The number of halogens is 2. The van der Waals surface area contributed by atoms with Gasteiger partial charge in [-0.1, -0.05) is 0 Å². The third-order valence-corrected chi connectivity index (χ3v) is 7.64. The van der Waals surface area contributed by atoms with Crippen molar-refractivity contribution >= 4 is 16.7 Å². The molecule has 32 heavy (non-hydrogen) atoms. The van der Waals surface area contributed by atoms with E-state index in [1.165, 1.54) is 0 Å². The SMILES string of the molecule is Cc1nc2c3c(nc(OC[C@@]45CCCN4C[C@H](F)C5)nc3c1F)N1CCCOC[C@@H]1CC2. The average molecular weight is 446 g/mol. The van der Waals surface area contributed by atoms with Gasteiger partial charge in [-0.2, -0.15) is 9.97 Å². The zero-order valence-electron chi connectivity index (χ0n) is 18.4. The summed E-state index contributed by atoms with van der Waals surface area (Å²) >= 11 is 0. The predicted octanol–water partition coefficient (Wildman–Crippen LogP) is 2.97. The first-order valence-electron chi connectivity index (χ1n) is 11.8. The lowest BCUT2D eigenvalue weighted by Gasteiger charge is -2.31. The standard InChI is InChI=1S/C23H29F2N5O2/c1-14-19(25)20-18-17(26-14)5-4-16-12-31-9-3-8-30(16)21(18)28-22(27-20)32-13-23-6-2-7-29(23)11-15(24)10-23/h15-16H,2-13H2,1H3/t15-,16+,23+/m1/s1. The van der Waals surface area contributed by atoms with Crippen LogP contribution in [0.1, 0.15) is 43.5 Å². The van der Waals surface area contributed by atoms with E-state index in [1.807, 2.05) is 0 Å². The van der Waals surface area contributed by atoms with E-state index >= 15 is 4.39 Å². The zero-order valence-corrected chi connectivity index (χ0v) is 18.4. The summed E-state index contributed by atoms with van der Waals surface area (Å²) in [5, 5.41) is 0.690. The number of pyridine rings is 1. The van der Waals surface area contributed by atoms with Crippen LogP contribution in [-0.2, 0) is 11.2 Å². The molecule has 0 amide bonds. The fraction of sp³-hybridized carbons (Fsp3) is 0.696. The maximum Gasteiger partial charge on any atom is 0.319 e. The van der Waals surface area contributed by atoms with Gasteiger partial charge in [0.2, 0.25) is 0 Å². The lowest BCUT2D eigenvalue weighted by molar-refractivity contribution is 0.107. The van der Waals surface area contributed by atoms with Crippen molar-refractivity contribution in [3.05, 3.63) is 17.2 Å². The molecule has 0 aliphatic carbocycles. The summed E-state index contributed by atoms with van der Waals surface area (Å²) in [7, 11) is 0. The molecule has 6 heterocycles. The molecule has 0 aromatic carbocycles. The Kier molecular flexibility index (Phi) is 4.94. The fourth-order valence-corrected chi connectivity index (χ4v) is 6.08. The van der Waals surface area contributed by atoms with E-state index in [1.54, 1.807) is 6.92 Å². The molecule has 0 N–H and O–H groups in total. The van der Waals surface area contributed by atoms with Crippen LogP contribution in [0.3, 0.4) is 0 Å². The molecule has 3 saturated heterocycles. The number of rotatable bonds is 3. The number of aryl methyl sites for hydroxylation is 2. The van der Waals surface area contributed by atoms with E-state index in [0.29, 0.717) is 49.7 Å². The van der Waals surface area contributed by atoms with E-state index in [0.717, 1.165) is 50.9 Å². The van der Waals surface area contributed by atoms with Crippen LogP contribution in [-0.4, -0.2) is 77.1 Å². The molecule has 3 fully saturated rings. The number of aromatic nitrogens is 3. The van der Waals surface area contributed by atoms with Gasteiger partial charge in [0, 0.05) is 26.1 Å². The normalized spacial score (nSPS) is 30.2. The Morgan fingerprint density at radius 3 is 3.03 bits per heavy atom. The van der Waals surface area contributed by atoms with E-state index < -0.39 is 12.0 Å². The minimum absolute atomic E-state index is 0.159. The Morgan fingerprint density at radius 1 is 1.22 bits per heavy atom. The average Bonchev–Trinajstić information content (AvgIpc) is 3.12. The molecular weight excluding hydrogens is 416 g/mol. The monoisotopic (exact) mass is 445 g/mol. The van der Waals surface area contributed by atoms with Gasteiger partial charge >= 0.3 is 6.01 Å². The first kappa shape index (κ1) is 20.5. The summed E-state index contributed by atoms with van der Waals surface area (Å²) in [6.45, 7) is 5.47. The minimum atomic E-state index is -0.826. The number of hydrogen-bond acceptors (Lipinski definition) is 7. The van der Waals surface area contributed by atoms with Gasteiger partial charge in [0.25, 0.3) is 0 Å². The molecule has 3 atom stereocenters. The Balaban J connectivity index is 1.42. The Morgan fingerprint density at radius 2 is 2.12 bits per heavy atom. The molecular formula is C23H29F2N5O2. The van der Waals surface area contributed by atoms with Crippen molar-refractivity contribution in [3.63, 3.8) is 0 Å². The highest BCUT2D eigenvalue weighted by atomic mass is 19.1. The van der Waals surface area contributed by atoms with Crippen LogP contribution in [0.25, 0.3) is 10.9 Å². The van der Waals surface area contributed by atoms with Crippen molar-refractivity contribution in [2.24, 2.45) is 0 Å². The number of anilines is 1. The third kappa shape index (κ3) is 3.23. The van der Waals surface area contributed by atoms with Gasteiger partial charge in [0.05, 0.1) is 35.0 Å². The first-order chi connectivity index (χ1) is 15.5. The van der Waals surface area contributed by atoms with Crippen LogP contribution in [0, 0.1) is 12.7 Å². The molecule has 4 aliphatic rings. The van der Waals surface area contributed by atoms with Crippen molar-refractivity contribution in [1.29, 1.82) is 0 Å². The molecule has 172 valence electrons. The second-order valence-electron chi connectivity index (χ2n) is 9.69. The Bertz CT molecular complexity index is 1050. The lowest BCUT2D eigenvalue weighted by atomic mass is 9.95. The summed E-state index contributed by atoms with van der Waals surface area (Å²) in [6.07, 6.45) is 4.07. The van der Waals surface area contributed by atoms with Gasteiger partial charge in [-0.3, -0.25) is 9.88 Å². The molecule has 7 nitrogen and oxygen atoms in total.